The van der Waals surface area contributed by atoms with E-state index in [9.17, 15) is 0 Å². The number of allylic oxidation sites excluding steroid dienone is 1. The van der Waals surface area contributed by atoms with Gasteiger partial charge in [-0.1, -0.05) is 13.0 Å². The Bertz CT molecular complexity index is 114. The summed E-state index contributed by atoms with van der Waals surface area (Å²) in [6, 6.07) is 0. The van der Waals surface area contributed by atoms with Crippen LogP contribution >= 0.6 is 12.4 Å². The molecular weight excluding hydrogens is 150 g/mol. The second kappa shape index (κ2) is 6.62. The third-order valence-corrected chi connectivity index (χ3v) is 1.16. The largest absolute Gasteiger partial charge is 0.484 e. The van der Waals surface area contributed by atoms with Gasteiger partial charge in [0.15, 0.2) is 5.90 Å². The summed E-state index contributed by atoms with van der Waals surface area (Å²) in [5.74, 6) is 0.667. The zero-order valence-corrected chi connectivity index (χ0v) is 7.20. The molecule has 0 rings (SSSR count). The molecule has 0 aromatic carbocycles. The van der Waals surface area contributed by atoms with Gasteiger partial charge in [0.2, 0.25) is 0 Å². The number of ether oxygens (including phenoxy) is 1. The van der Waals surface area contributed by atoms with Crippen LogP contribution in [-0.4, -0.2) is 13.0 Å². The van der Waals surface area contributed by atoms with Gasteiger partial charge >= 0.3 is 0 Å². The zero-order valence-electron chi connectivity index (χ0n) is 6.39. The molecule has 0 spiro atoms. The summed E-state index contributed by atoms with van der Waals surface area (Å²) in [6.45, 7) is 5.60. The summed E-state index contributed by atoms with van der Waals surface area (Å²) in [5, 5.41) is 7.10. The Balaban J connectivity index is 0. The van der Waals surface area contributed by atoms with Crippen molar-refractivity contribution in [3.8, 4) is 0 Å². The summed E-state index contributed by atoms with van der Waals surface area (Å²) in [7, 11) is 1.51. The predicted molar refractivity (Wildman–Crippen MR) is 46.0 cm³/mol. The molecule has 0 aliphatic rings. The van der Waals surface area contributed by atoms with Gasteiger partial charge in [0, 0.05) is 6.42 Å². The minimum absolute atomic E-state index is 0. The Hall–Kier alpha value is -0.500. The maximum atomic E-state index is 7.10. The summed E-state index contributed by atoms with van der Waals surface area (Å²) >= 11 is 0. The monoisotopic (exact) mass is 163 g/mol. The van der Waals surface area contributed by atoms with Gasteiger partial charge in [0.05, 0.1) is 7.11 Å². The van der Waals surface area contributed by atoms with Crippen LogP contribution in [0.2, 0.25) is 0 Å². The molecule has 0 aliphatic carbocycles. The molecule has 0 aromatic rings. The average molecular weight is 164 g/mol. The number of rotatable bonds is 3. The van der Waals surface area contributed by atoms with Gasteiger partial charge < -0.3 is 4.74 Å². The highest BCUT2D eigenvalue weighted by molar-refractivity contribution is 5.85. The number of methoxy groups -OCH3 is 1. The topological polar surface area (TPSA) is 33.1 Å². The van der Waals surface area contributed by atoms with Crippen molar-refractivity contribution in [2.24, 2.45) is 5.92 Å². The Labute approximate surface area is 68.2 Å². The molecule has 0 saturated heterocycles. The molecule has 0 saturated carbocycles. The van der Waals surface area contributed by atoms with Crippen molar-refractivity contribution in [3.05, 3.63) is 12.7 Å². The van der Waals surface area contributed by atoms with Crippen LogP contribution in [0.5, 0.6) is 0 Å². The standard InChI is InChI=1S/C7H13NO.ClH/c1-4-6(2)5-7(8)9-3;/h4,6,8H,1,5H2,2-3H3;1H. The molecule has 1 N–H and O–H groups in total. The first-order valence-electron chi connectivity index (χ1n) is 2.94. The Kier molecular flexibility index (Phi) is 8.07. The normalized spacial score (nSPS) is 11.0. The highest BCUT2D eigenvalue weighted by Gasteiger charge is 1.99. The minimum Gasteiger partial charge on any atom is -0.484 e. The molecule has 1 atom stereocenters. The van der Waals surface area contributed by atoms with Crippen molar-refractivity contribution in [3.63, 3.8) is 0 Å². The van der Waals surface area contributed by atoms with Crippen molar-refractivity contribution >= 4 is 18.3 Å². The molecule has 2 nitrogen and oxygen atoms in total. The lowest BCUT2D eigenvalue weighted by atomic mass is 10.1. The number of hydrogen-bond donors (Lipinski definition) is 1. The lowest BCUT2D eigenvalue weighted by molar-refractivity contribution is 0.379. The highest BCUT2D eigenvalue weighted by atomic mass is 35.5. The van der Waals surface area contributed by atoms with Crippen LogP contribution in [0.4, 0.5) is 0 Å². The molecule has 0 aliphatic heterocycles. The Morgan fingerprint density at radius 3 is 2.60 bits per heavy atom. The second-order valence-electron chi connectivity index (χ2n) is 2.04. The van der Waals surface area contributed by atoms with Gasteiger partial charge in [0.1, 0.15) is 0 Å². The third-order valence-electron chi connectivity index (χ3n) is 1.16. The number of hydrogen-bond acceptors (Lipinski definition) is 2. The van der Waals surface area contributed by atoms with Crippen LogP contribution in [-0.2, 0) is 4.74 Å². The molecular formula is C7H14ClNO. The van der Waals surface area contributed by atoms with Crippen molar-refractivity contribution in [1.82, 2.24) is 0 Å². The van der Waals surface area contributed by atoms with Gasteiger partial charge in [-0.2, -0.15) is 0 Å². The Morgan fingerprint density at radius 1 is 1.80 bits per heavy atom. The lowest BCUT2D eigenvalue weighted by Crippen LogP contribution is -2.03. The SMILES string of the molecule is C=CC(C)CC(=N)OC.Cl. The fourth-order valence-corrected chi connectivity index (χ4v) is 0.459. The van der Waals surface area contributed by atoms with Crippen LogP contribution in [0.1, 0.15) is 13.3 Å². The highest BCUT2D eigenvalue weighted by Crippen LogP contribution is 2.02. The predicted octanol–water partition coefficient (Wildman–Crippen LogP) is 2.24. The van der Waals surface area contributed by atoms with E-state index in [-0.39, 0.29) is 12.4 Å². The molecule has 0 aromatic heterocycles. The Morgan fingerprint density at radius 2 is 2.30 bits per heavy atom. The van der Waals surface area contributed by atoms with Crippen LogP contribution in [0.25, 0.3) is 0 Å². The minimum atomic E-state index is 0. The van der Waals surface area contributed by atoms with E-state index in [1.54, 1.807) is 0 Å². The van der Waals surface area contributed by atoms with E-state index in [0.29, 0.717) is 18.2 Å². The van der Waals surface area contributed by atoms with Crippen LogP contribution < -0.4 is 0 Å². The second-order valence-corrected chi connectivity index (χ2v) is 2.04. The maximum absolute atomic E-state index is 7.10. The van der Waals surface area contributed by atoms with Crippen LogP contribution in [0, 0.1) is 11.3 Å². The molecule has 0 amide bonds. The first-order chi connectivity index (χ1) is 4.20. The molecule has 0 heterocycles. The van der Waals surface area contributed by atoms with Gasteiger partial charge in [-0.25, -0.2) is 0 Å². The third kappa shape index (κ3) is 5.63. The first-order valence-corrected chi connectivity index (χ1v) is 2.94. The fourth-order valence-electron chi connectivity index (χ4n) is 0.459. The first kappa shape index (κ1) is 12.2. The molecule has 10 heavy (non-hydrogen) atoms. The van der Waals surface area contributed by atoms with E-state index >= 15 is 0 Å². The van der Waals surface area contributed by atoms with Crippen molar-refractivity contribution in [2.75, 3.05) is 7.11 Å². The molecule has 0 fully saturated rings. The summed E-state index contributed by atoms with van der Waals surface area (Å²) < 4.78 is 4.66. The van der Waals surface area contributed by atoms with Gasteiger partial charge in [0.25, 0.3) is 0 Å². The molecule has 0 bridgehead atoms. The van der Waals surface area contributed by atoms with E-state index < -0.39 is 0 Å². The molecule has 3 heteroatoms. The number of nitrogens with one attached hydrogen (secondary N) is 1. The maximum Gasteiger partial charge on any atom is 0.180 e. The molecule has 60 valence electrons. The van der Waals surface area contributed by atoms with Gasteiger partial charge in [-0.05, 0) is 5.92 Å². The van der Waals surface area contributed by atoms with Crippen molar-refractivity contribution in [1.29, 1.82) is 5.41 Å². The van der Waals surface area contributed by atoms with Crippen molar-refractivity contribution in [2.45, 2.75) is 13.3 Å². The van der Waals surface area contributed by atoms with Crippen molar-refractivity contribution < 1.29 is 4.74 Å². The van der Waals surface area contributed by atoms with Gasteiger partial charge in [-0.3, -0.25) is 5.41 Å². The fraction of sp³-hybridized carbons (Fsp3) is 0.571. The van der Waals surface area contributed by atoms with E-state index in [2.05, 4.69) is 11.3 Å². The van der Waals surface area contributed by atoms with E-state index in [1.165, 1.54) is 7.11 Å². The zero-order chi connectivity index (χ0) is 7.28. The summed E-state index contributed by atoms with van der Waals surface area (Å²) in [6.07, 6.45) is 2.47. The summed E-state index contributed by atoms with van der Waals surface area (Å²) in [4.78, 5) is 0. The van der Waals surface area contributed by atoms with E-state index in [0.717, 1.165) is 0 Å². The quantitative estimate of drug-likeness (QED) is 0.387. The summed E-state index contributed by atoms with van der Waals surface area (Å²) in [5.41, 5.74) is 0. The average Bonchev–Trinajstić information content (AvgIpc) is 1.87. The smallest absolute Gasteiger partial charge is 0.180 e. The van der Waals surface area contributed by atoms with Crippen LogP contribution in [0.15, 0.2) is 12.7 Å². The van der Waals surface area contributed by atoms with Crippen LogP contribution in [0.3, 0.4) is 0 Å². The van der Waals surface area contributed by atoms with E-state index in [4.69, 9.17) is 5.41 Å². The van der Waals surface area contributed by atoms with Gasteiger partial charge in [-0.15, -0.1) is 19.0 Å². The molecule has 0 radical (unpaired) electrons. The molecule has 1 unspecified atom stereocenters. The lowest BCUT2D eigenvalue weighted by Gasteiger charge is -2.04. The van der Waals surface area contributed by atoms with E-state index in [1.807, 2.05) is 13.0 Å². The number of halogens is 1.